The van der Waals surface area contributed by atoms with Gasteiger partial charge in [0, 0.05) is 0 Å². The summed E-state index contributed by atoms with van der Waals surface area (Å²) in [5, 5.41) is -2.85. The third-order valence-electron chi connectivity index (χ3n) is 1.42. The van der Waals surface area contributed by atoms with Gasteiger partial charge in [-0.15, -0.1) is 15.6 Å². The summed E-state index contributed by atoms with van der Waals surface area (Å²) in [6.07, 6.45) is 0.508. The van der Waals surface area contributed by atoms with E-state index in [9.17, 15) is 0 Å². The van der Waals surface area contributed by atoms with Crippen LogP contribution in [0.3, 0.4) is 0 Å². The van der Waals surface area contributed by atoms with Crippen LogP contribution in [0.5, 0.6) is 0 Å². The quantitative estimate of drug-likeness (QED) is 0.513. The van der Waals surface area contributed by atoms with E-state index < -0.39 is 15.6 Å². The number of hydrogen-bond donors (Lipinski definition) is 0. The van der Waals surface area contributed by atoms with Crippen molar-refractivity contribution < 1.29 is 0 Å². The van der Waals surface area contributed by atoms with Gasteiger partial charge in [-0.3, -0.25) is 0 Å². The maximum absolute atomic E-state index is 5.75. The minimum absolute atomic E-state index is 0.254. The first-order valence-electron chi connectivity index (χ1n) is 4.15. The largest absolute Gasteiger partial charge is 0.103 e. The Bertz CT molecular complexity index is 145. The van der Waals surface area contributed by atoms with Gasteiger partial charge in [-0.1, -0.05) is 26.7 Å². The molecule has 56 valence electrons. The lowest BCUT2D eigenvalue weighted by Crippen LogP contribution is -2.26. The molecule has 0 aliphatic carbocycles. The molecule has 0 amide bonds. The van der Waals surface area contributed by atoms with Crippen molar-refractivity contribution in [1.82, 2.24) is 0 Å². The Morgan fingerprint density at radius 1 is 0.692 bits per heavy atom. The highest BCUT2D eigenvalue weighted by atomic mass is 14.2. The standard InChI is InChI=1S/C7H10B6/c1-5(8,9)3-7(12,13)4-6(2,10)11/h3-4H2,1-2H3. The smallest absolute Gasteiger partial charge is 0.0619 e. The molecule has 0 nitrogen and oxygen atoms in total. The topological polar surface area (TPSA) is 0 Å². The predicted octanol–water partition coefficient (Wildman–Crippen LogP) is 0.166. The summed E-state index contributed by atoms with van der Waals surface area (Å²) >= 11 is 0. The van der Waals surface area contributed by atoms with Gasteiger partial charge >= 0.3 is 0 Å². The molecule has 0 aliphatic rings. The summed E-state index contributed by atoms with van der Waals surface area (Å²) < 4.78 is 0. The van der Waals surface area contributed by atoms with Crippen molar-refractivity contribution in [2.75, 3.05) is 0 Å². The van der Waals surface area contributed by atoms with E-state index >= 15 is 0 Å². The molecule has 6 heteroatoms. The van der Waals surface area contributed by atoms with Gasteiger partial charge in [-0.25, -0.2) is 0 Å². The molecular formula is C7H10B6. The average molecular weight is 159 g/mol. The number of rotatable bonds is 4. The Hall–Kier alpha value is 0.390. The van der Waals surface area contributed by atoms with Crippen LogP contribution in [0.1, 0.15) is 26.7 Å². The molecule has 0 atom stereocenters. The van der Waals surface area contributed by atoms with E-state index in [0.717, 1.165) is 0 Å². The molecule has 13 heavy (non-hydrogen) atoms. The zero-order chi connectivity index (χ0) is 10.9. The van der Waals surface area contributed by atoms with Gasteiger partial charge in [0.25, 0.3) is 0 Å². The molecule has 12 radical (unpaired) electrons. The van der Waals surface area contributed by atoms with Gasteiger partial charge in [0.15, 0.2) is 0 Å². The fraction of sp³-hybridized carbons (Fsp3) is 1.00. The summed E-state index contributed by atoms with van der Waals surface area (Å²) in [5.41, 5.74) is 0. The Balaban J connectivity index is 4.25. The third-order valence-corrected chi connectivity index (χ3v) is 1.42. The first-order valence-corrected chi connectivity index (χ1v) is 4.15. The maximum Gasteiger partial charge on any atom is 0.0619 e. The summed E-state index contributed by atoms with van der Waals surface area (Å²) in [6.45, 7) is 3.29. The van der Waals surface area contributed by atoms with Crippen molar-refractivity contribution in [1.29, 1.82) is 0 Å². The molecule has 0 rings (SSSR count). The highest BCUT2D eigenvalue weighted by Crippen LogP contribution is 2.43. The molecule has 0 bridgehead atoms. The molecule has 0 aromatic heterocycles. The summed E-state index contributed by atoms with van der Waals surface area (Å²) in [4.78, 5) is 0. The molecule has 0 aliphatic heterocycles. The average Bonchev–Trinajstić information content (AvgIpc) is 1.43. The second-order valence-electron chi connectivity index (χ2n) is 4.60. The molecule has 0 fully saturated rings. The van der Waals surface area contributed by atoms with Gasteiger partial charge < -0.3 is 0 Å². The molecule has 0 saturated heterocycles. The fourth-order valence-electron chi connectivity index (χ4n) is 1.48. The van der Waals surface area contributed by atoms with Gasteiger partial charge in [0.1, 0.15) is 0 Å². The monoisotopic (exact) mass is 160 g/mol. The second-order valence-corrected chi connectivity index (χ2v) is 4.60. The molecule has 0 heterocycles. The molecule has 0 unspecified atom stereocenters. The molecule has 0 aromatic carbocycles. The maximum atomic E-state index is 5.75. The predicted molar refractivity (Wildman–Crippen MR) is 63.2 cm³/mol. The Labute approximate surface area is 89.8 Å². The molecular weight excluding hydrogens is 149 g/mol. The van der Waals surface area contributed by atoms with E-state index in [2.05, 4.69) is 0 Å². The van der Waals surface area contributed by atoms with Gasteiger partial charge in [-0.05, 0) is 0 Å². The Kier molecular flexibility index (Phi) is 3.98. The first kappa shape index (κ1) is 13.4. The van der Waals surface area contributed by atoms with Crippen LogP contribution in [0, 0.1) is 0 Å². The molecule has 0 spiro atoms. The minimum atomic E-state index is -1.03. The molecule has 0 N–H and O–H groups in total. The van der Waals surface area contributed by atoms with Crippen molar-refractivity contribution in [2.45, 2.75) is 42.3 Å². The third kappa shape index (κ3) is 8.71. The SMILES string of the molecule is [B]C([B])(C)CC([B])([B])CC([B])([B])C. The zero-order valence-electron chi connectivity index (χ0n) is 8.38. The van der Waals surface area contributed by atoms with E-state index in [0.29, 0.717) is 0 Å². The minimum Gasteiger partial charge on any atom is -0.103 e. The van der Waals surface area contributed by atoms with Crippen molar-refractivity contribution in [3.63, 3.8) is 0 Å². The number of hydrogen-bond acceptors (Lipinski definition) is 0. The molecule has 0 saturated carbocycles. The summed E-state index contributed by atoms with van der Waals surface area (Å²) in [5.74, 6) is 0. The first-order chi connectivity index (χ1) is 5.41. The van der Waals surface area contributed by atoms with Crippen LogP contribution in [0.25, 0.3) is 0 Å². The van der Waals surface area contributed by atoms with Crippen molar-refractivity contribution in [3.05, 3.63) is 0 Å². The van der Waals surface area contributed by atoms with Crippen LogP contribution in [0.15, 0.2) is 0 Å². The highest BCUT2D eigenvalue weighted by molar-refractivity contribution is 6.45. The van der Waals surface area contributed by atoms with Crippen molar-refractivity contribution in [2.24, 2.45) is 0 Å². The van der Waals surface area contributed by atoms with Gasteiger partial charge in [0.2, 0.25) is 0 Å². The van der Waals surface area contributed by atoms with Crippen LogP contribution in [-0.4, -0.2) is 47.1 Å². The van der Waals surface area contributed by atoms with E-state index in [-0.39, 0.29) is 12.8 Å². The normalized spacial score (nSPS) is 14.3. The summed E-state index contributed by atoms with van der Waals surface area (Å²) in [7, 11) is 33.8. The lowest BCUT2D eigenvalue weighted by atomic mass is 9.36. The lowest BCUT2D eigenvalue weighted by molar-refractivity contribution is 0.557. The van der Waals surface area contributed by atoms with Crippen LogP contribution in [0.2, 0.25) is 15.6 Å². The van der Waals surface area contributed by atoms with E-state index in [1.54, 1.807) is 13.8 Å². The Morgan fingerprint density at radius 3 is 1.08 bits per heavy atom. The van der Waals surface area contributed by atoms with Gasteiger partial charge in [0.05, 0.1) is 47.1 Å². The highest BCUT2D eigenvalue weighted by Gasteiger charge is 2.27. The Morgan fingerprint density at radius 2 is 0.923 bits per heavy atom. The van der Waals surface area contributed by atoms with E-state index in [4.69, 9.17) is 47.1 Å². The van der Waals surface area contributed by atoms with Crippen LogP contribution >= 0.6 is 0 Å². The fourth-order valence-corrected chi connectivity index (χ4v) is 1.48. The van der Waals surface area contributed by atoms with Gasteiger partial charge in [-0.2, -0.15) is 0 Å². The van der Waals surface area contributed by atoms with E-state index in [1.165, 1.54) is 0 Å². The lowest BCUT2D eigenvalue weighted by Gasteiger charge is -2.39. The van der Waals surface area contributed by atoms with Crippen LogP contribution < -0.4 is 0 Å². The van der Waals surface area contributed by atoms with E-state index in [1.807, 2.05) is 0 Å². The van der Waals surface area contributed by atoms with Crippen molar-refractivity contribution in [3.8, 4) is 0 Å². The second kappa shape index (κ2) is 3.87. The van der Waals surface area contributed by atoms with Crippen LogP contribution in [-0.2, 0) is 0 Å². The van der Waals surface area contributed by atoms with Crippen LogP contribution in [0.4, 0.5) is 0 Å². The van der Waals surface area contributed by atoms with Crippen molar-refractivity contribution >= 4 is 47.1 Å². The molecule has 0 aromatic rings. The zero-order valence-corrected chi connectivity index (χ0v) is 8.38. The summed E-state index contributed by atoms with van der Waals surface area (Å²) in [6, 6.07) is 0.